The Kier molecular flexibility index (Phi) is 6.77. The van der Waals surface area contributed by atoms with Crippen LogP contribution in [0.3, 0.4) is 0 Å². The van der Waals surface area contributed by atoms with Gasteiger partial charge in [0.25, 0.3) is 0 Å². The number of methoxy groups -OCH3 is 1. The van der Waals surface area contributed by atoms with Crippen molar-refractivity contribution in [3.8, 4) is 5.75 Å². The maximum atomic E-state index is 14.7. The van der Waals surface area contributed by atoms with E-state index in [9.17, 15) is 27.2 Å². The Morgan fingerprint density at radius 3 is 2.47 bits per heavy atom. The van der Waals surface area contributed by atoms with Gasteiger partial charge < -0.3 is 24.8 Å². The minimum absolute atomic E-state index is 0.107. The number of ether oxygens (including phenoxy) is 3. The molecule has 2 aliphatic rings. The van der Waals surface area contributed by atoms with Gasteiger partial charge in [0.1, 0.15) is 11.6 Å². The van der Waals surface area contributed by atoms with E-state index in [1.807, 2.05) is 0 Å². The highest BCUT2D eigenvalue weighted by molar-refractivity contribution is 6.02. The van der Waals surface area contributed by atoms with Gasteiger partial charge in [0.15, 0.2) is 11.4 Å². The second-order valence-electron chi connectivity index (χ2n) is 8.53. The van der Waals surface area contributed by atoms with E-state index in [1.54, 1.807) is 13.0 Å². The summed E-state index contributed by atoms with van der Waals surface area (Å²) >= 11 is 0. The van der Waals surface area contributed by atoms with Crippen molar-refractivity contribution >= 4 is 28.8 Å². The molecule has 0 spiro atoms. The molecule has 0 aromatic heterocycles. The van der Waals surface area contributed by atoms with Crippen molar-refractivity contribution in [2.75, 3.05) is 31.0 Å². The average Bonchev–Trinajstić information content (AvgIpc) is 2.80. The highest BCUT2D eigenvalue weighted by Gasteiger charge is 2.40. The van der Waals surface area contributed by atoms with E-state index in [4.69, 9.17) is 14.2 Å². The van der Waals surface area contributed by atoms with Crippen molar-refractivity contribution in [1.82, 2.24) is 0 Å². The third kappa shape index (κ3) is 5.51. The van der Waals surface area contributed by atoms with Gasteiger partial charge in [-0.2, -0.15) is 13.2 Å². The van der Waals surface area contributed by atoms with Gasteiger partial charge in [0.05, 0.1) is 31.6 Å². The lowest BCUT2D eigenvalue weighted by Crippen LogP contribution is -2.51. The standard InChI is InChI=1S/C25H22F4N2O5/c1-24(12-35-13-24)36-21-8-5-16(11-17(21)25(27,28)29)30-23(33)31-19-6-3-14(9-18(19)26)15-4-7-20(32)22(10-15)34-2/h3-6,8-11H,7,12-13H2,1-2H3,(H2,30,31,33). The molecule has 0 saturated carbocycles. The molecule has 1 fully saturated rings. The summed E-state index contributed by atoms with van der Waals surface area (Å²) in [6.07, 6.45) is -1.51. The SMILES string of the molecule is COC1=CC(c2ccc(NC(=O)Nc3ccc(OC4(C)COC4)c(C(F)(F)F)c3)c(F)c2)=CCC1=O. The number of alkyl halides is 3. The molecule has 0 atom stereocenters. The number of carbonyl (C=O) groups excluding carboxylic acids is 2. The van der Waals surface area contributed by atoms with Gasteiger partial charge in [0.2, 0.25) is 5.78 Å². The van der Waals surface area contributed by atoms with Crippen LogP contribution in [0, 0.1) is 5.82 Å². The molecule has 1 aliphatic carbocycles. The van der Waals surface area contributed by atoms with Gasteiger partial charge in [-0.15, -0.1) is 0 Å². The zero-order valence-corrected chi connectivity index (χ0v) is 19.3. The van der Waals surface area contributed by atoms with Crippen LogP contribution in [-0.4, -0.2) is 37.7 Å². The maximum absolute atomic E-state index is 14.7. The molecule has 1 saturated heterocycles. The molecule has 11 heteroatoms. The number of urea groups is 1. The van der Waals surface area contributed by atoms with Crippen LogP contribution in [0.1, 0.15) is 24.5 Å². The summed E-state index contributed by atoms with van der Waals surface area (Å²) in [5.74, 6) is -1.20. The lowest BCUT2D eigenvalue weighted by molar-refractivity contribution is -0.160. The Balaban J connectivity index is 1.47. The molecule has 0 radical (unpaired) electrons. The summed E-state index contributed by atoms with van der Waals surface area (Å²) in [7, 11) is 1.36. The second kappa shape index (κ2) is 9.65. The van der Waals surface area contributed by atoms with Crippen molar-refractivity contribution in [2.45, 2.75) is 25.1 Å². The quantitative estimate of drug-likeness (QED) is 0.503. The number of halogens is 4. The Morgan fingerprint density at radius 2 is 1.86 bits per heavy atom. The van der Waals surface area contributed by atoms with Crippen molar-refractivity contribution in [3.05, 3.63) is 71.3 Å². The zero-order chi connectivity index (χ0) is 26.1. The minimum atomic E-state index is -4.73. The van der Waals surface area contributed by atoms with Crippen molar-refractivity contribution in [2.24, 2.45) is 0 Å². The fourth-order valence-corrected chi connectivity index (χ4v) is 3.67. The molecule has 0 unspecified atom stereocenters. The third-order valence-corrected chi connectivity index (χ3v) is 5.55. The van der Waals surface area contributed by atoms with E-state index in [1.165, 1.54) is 37.5 Å². The maximum Gasteiger partial charge on any atom is 0.420 e. The van der Waals surface area contributed by atoms with E-state index in [0.29, 0.717) is 11.1 Å². The number of allylic oxidation sites excluding steroid dienone is 4. The van der Waals surface area contributed by atoms with Gasteiger partial charge in [-0.3, -0.25) is 4.79 Å². The average molecular weight is 506 g/mol. The van der Waals surface area contributed by atoms with Gasteiger partial charge >= 0.3 is 12.2 Å². The number of Topliss-reactive ketones (excluding diaryl/α,β-unsaturated/α-hetero) is 1. The molecule has 1 aliphatic heterocycles. The molecule has 0 bridgehead atoms. The lowest BCUT2D eigenvalue weighted by Gasteiger charge is -2.38. The molecule has 2 amide bonds. The topological polar surface area (TPSA) is 85.9 Å². The van der Waals surface area contributed by atoms with Gasteiger partial charge in [-0.1, -0.05) is 12.1 Å². The zero-order valence-electron chi connectivity index (χ0n) is 19.3. The third-order valence-electron chi connectivity index (χ3n) is 5.55. The number of hydrogen-bond donors (Lipinski definition) is 2. The lowest BCUT2D eigenvalue weighted by atomic mass is 9.97. The minimum Gasteiger partial charge on any atom is -0.493 e. The molecule has 2 aromatic rings. The first kappa shape index (κ1) is 25.2. The predicted molar refractivity (Wildman–Crippen MR) is 123 cm³/mol. The fourth-order valence-electron chi connectivity index (χ4n) is 3.67. The summed E-state index contributed by atoms with van der Waals surface area (Å²) in [5.41, 5.74) is -1.24. The number of rotatable bonds is 6. The normalized spacial score (nSPS) is 16.9. The monoisotopic (exact) mass is 506 g/mol. The summed E-state index contributed by atoms with van der Waals surface area (Å²) in [6, 6.07) is 6.18. The first-order chi connectivity index (χ1) is 17.0. The molecule has 2 N–H and O–H groups in total. The molecule has 2 aromatic carbocycles. The van der Waals surface area contributed by atoms with E-state index >= 15 is 0 Å². The van der Waals surface area contributed by atoms with Crippen LogP contribution < -0.4 is 15.4 Å². The number of hydrogen-bond acceptors (Lipinski definition) is 5. The van der Waals surface area contributed by atoms with E-state index in [-0.39, 0.29) is 48.3 Å². The van der Waals surface area contributed by atoms with Crippen molar-refractivity contribution < 1.29 is 41.4 Å². The number of carbonyl (C=O) groups is 2. The molecule has 190 valence electrons. The van der Waals surface area contributed by atoms with Crippen LogP contribution in [-0.2, 0) is 20.4 Å². The summed E-state index contributed by atoms with van der Waals surface area (Å²) in [6.45, 7) is 1.96. The Morgan fingerprint density at radius 1 is 1.11 bits per heavy atom. The molecular weight excluding hydrogens is 484 g/mol. The Hall–Kier alpha value is -3.86. The summed E-state index contributed by atoms with van der Waals surface area (Å²) < 4.78 is 71.0. The van der Waals surface area contributed by atoms with E-state index in [2.05, 4.69) is 10.6 Å². The van der Waals surface area contributed by atoms with Gasteiger partial charge in [0, 0.05) is 12.1 Å². The molecular formula is C25H22F4N2O5. The highest BCUT2D eigenvalue weighted by Crippen LogP contribution is 2.40. The Labute approximate surface area is 203 Å². The summed E-state index contributed by atoms with van der Waals surface area (Å²) in [4.78, 5) is 24.1. The smallest absolute Gasteiger partial charge is 0.420 e. The van der Waals surface area contributed by atoms with Gasteiger partial charge in [-0.25, -0.2) is 9.18 Å². The molecule has 4 rings (SSSR count). The number of ketones is 1. The van der Waals surface area contributed by atoms with Crippen LogP contribution in [0.5, 0.6) is 5.75 Å². The van der Waals surface area contributed by atoms with Crippen molar-refractivity contribution in [3.63, 3.8) is 0 Å². The second-order valence-corrected chi connectivity index (χ2v) is 8.53. The summed E-state index contributed by atoms with van der Waals surface area (Å²) in [5, 5.41) is 4.55. The van der Waals surface area contributed by atoms with Crippen molar-refractivity contribution in [1.29, 1.82) is 0 Å². The Bertz CT molecular complexity index is 1270. The van der Waals surface area contributed by atoms with Crippen LogP contribution >= 0.6 is 0 Å². The first-order valence-corrected chi connectivity index (χ1v) is 10.8. The number of amides is 2. The largest absolute Gasteiger partial charge is 0.493 e. The van der Waals surface area contributed by atoms with E-state index < -0.39 is 29.2 Å². The molecule has 1 heterocycles. The van der Waals surface area contributed by atoms with E-state index in [0.717, 1.165) is 12.1 Å². The first-order valence-electron chi connectivity index (χ1n) is 10.8. The predicted octanol–water partition coefficient (Wildman–Crippen LogP) is 5.54. The van der Waals surface area contributed by atoms with Crippen LogP contribution in [0.25, 0.3) is 5.57 Å². The molecule has 7 nitrogen and oxygen atoms in total. The van der Waals surface area contributed by atoms with Crippen LogP contribution in [0.2, 0.25) is 0 Å². The van der Waals surface area contributed by atoms with Gasteiger partial charge in [-0.05, 0) is 54.5 Å². The van der Waals surface area contributed by atoms with Crippen LogP contribution in [0.15, 0.2) is 54.3 Å². The molecule has 36 heavy (non-hydrogen) atoms. The number of benzene rings is 2. The number of anilines is 2. The fraction of sp³-hybridized carbons (Fsp3) is 0.280. The highest BCUT2D eigenvalue weighted by atomic mass is 19.4. The van der Waals surface area contributed by atoms with Crippen LogP contribution in [0.4, 0.5) is 33.7 Å². The number of nitrogens with one attached hydrogen (secondary N) is 2.